The van der Waals surface area contributed by atoms with Crippen LogP contribution in [0.2, 0.25) is 0 Å². The highest BCUT2D eigenvalue weighted by Gasteiger charge is 2.19. The number of aromatic nitrogens is 3. The third-order valence-electron chi connectivity index (χ3n) is 3.67. The summed E-state index contributed by atoms with van der Waals surface area (Å²) in [5.74, 6) is 1.37. The van der Waals surface area contributed by atoms with Crippen molar-refractivity contribution in [1.29, 1.82) is 0 Å². The van der Waals surface area contributed by atoms with Gasteiger partial charge in [-0.2, -0.15) is 0 Å². The molecule has 0 radical (unpaired) electrons. The highest BCUT2D eigenvalue weighted by Crippen LogP contribution is 2.14. The van der Waals surface area contributed by atoms with Crippen LogP contribution in [-0.4, -0.2) is 52.0 Å². The number of aliphatic imine (C=N–C) groups is 1. The van der Waals surface area contributed by atoms with Gasteiger partial charge in [-0.3, -0.25) is 0 Å². The molecule has 3 rings (SSSR count). The van der Waals surface area contributed by atoms with Crippen molar-refractivity contribution >= 4 is 47.2 Å². The Bertz CT molecular complexity index is 638. The van der Waals surface area contributed by atoms with Gasteiger partial charge in [0.15, 0.2) is 5.96 Å². The van der Waals surface area contributed by atoms with Gasteiger partial charge in [0.25, 0.3) is 0 Å². The summed E-state index contributed by atoms with van der Waals surface area (Å²) < 4.78 is 0. The highest BCUT2D eigenvalue weighted by molar-refractivity contribution is 14.0. The van der Waals surface area contributed by atoms with E-state index in [1.54, 1.807) is 23.7 Å². The average molecular weight is 445 g/mol. The van der Waals surface area contributed by atoms with E-state index in [-0.39, 0.29) is 24.0 Å². The molecule has 7 nitrogen and oxygen atoms in total. The standard InChI is InChI=1S/C14H19N7S.HI/c1-11-12(22-10-19-11)9-18-13(15)20-5-7-21(8-6-20)14-16-3-2-4-17-14;/h2-4,10H,5-9H2,1H3,(H2,15,18);1H. The number of piperazine rings is 1. The topological polar surface area (TPSA) is 83.5 Å². The van der Waals surface area contributed by atoms with Gasteiger partial charge in [0.05, 0.1) is 17.7 Å². The summed E-state index contributed by atoms with van der Waals surface area (Å²) in [7, 11) is 0. The number of hydrogen-bond acceptors (Lipinski definition) is 6. The van der Waals surface area contributed by atoms with Crippen molar-refractivity contribution in [3.8, 4) is 0 Å². The number of halogens is 1. The molecule has 1 fully saturated rings. The van der Waals surface area contributed by atoms with Gasteiger partial charge in [-0.25, -0.2) is 19.9 Å². The van der Waals surface area contributed by atoms with E-state index in [1.807, 2.05) is 18.5 Å². The summed E-state index contributed by atoms with van der Waals surface area (Å²) >= 11 is 1.62. The molecule has 2 N–H and O–H groups in total. The number of anilines is 1. The highest BCUT2D eigenvalue weighted by atomic mass is 127. The van der Waals surface area contributed by atoms with Crippen LogP contribution in [-0.2, 0) is 6.54 Å². The Hall–Kier alpha value is -1.49. The lowest BCUT2D eigenvalue weighted by atomic mass is 10.3. The zero-order valence-electron chi connectivity index (χ0n) is 12.9. The van der Waals surface area contributed by atoms with Crippen molar-refractivity contribution in [3.05, 3.63) is 34.5 Å². The van der Waals surface area contributed by atoms with Crippen molar-refractivity contribution in [2.24, 2.45) is 10.7 Å². The van der Waals surface area contributed by atoms with E-state index >= 15 is 0 Å². The first-order valence-corrected chi connectivity index (χ1v) is 8.08. The lowest BCUT2D eigenvalue weighted by molar-refractivity contribution is 0.378. The van der Waals surface area contributed by atoms with Crippen LogP contribution in [0.1, 0.15) is 10.6 Å². The maximum atomic E-state index is 6.11. The molecule has 0 bridgehead atoms. The van der Waals surface area contributed by atoms with Gasteiger partial charge in [0.1, 0.15) is 0 Å². The maximum Gasteiger partial charge on any atom is 0.225 e. The van der Waals surface area contributed by atoms with E-state index in [2.05, 4.69) is 29.7 Å². The van der Waals surface area contributed by atoms with Crippen LogP contribution in [0, 0.1) is 6.92 Å². The zero-order chi connectivity index (χ0) is 15.4. The van der Waals surface area contributed by atoms with Crippen LogP contribution >= 0.6 is 35.3 Å². The van der Waals surface area contributed by atoms with Crippen LogP contribution in [0.5, 0.6) is 0 Å². The van der Waals surface area contributed by atoms with Crippen molar-refractivity contribution in [2.75, 3.05) is 31.1 Å². The van der Waals surface area contributed by atoms with Crippen molar-refractivity contribution < 1.29 is 0 Å². The fourth-order valence-corrected chi connectivity index (χ4v) is 3.02. The van der Waals surface area contributed by atoms with E-state index in [4.69, 9.17) is 5.73 Å². The van der Waals surface area contributed by atoms with E-state index in [1.165, 1.54) is 4.88 Å². The van der Waals surface area contributed by atoms with Gasteiger partial charge in [-0.15, -0.1) is 35.3 Å². The van der Waals surface area contributed by atoms with Crippen molar-refractivity contribution in [1.82, 2.24) is 19.9 Å². The smallest absolute Gasteiger partial charge is 0.225 e. The molecule has 0 saturated carbocycles. The molecule has 2 aromatic heterocycles. The second-order valence-electron chi connectivity index (χ2n) is 5.06. The SMILES string of the molecule is Cc1ncsc1CN=C(N)N1CCN(c2ncccn2)CC1.I. The first-order chi connectivity index (χ1) is 10.7. The predicted molar refractivity (Wildman–Crippen MR) is 103 cm³/mol. The van der Waals surface area contributed by atoms with Gasteiger partial charge in [-0.05, 0) is 13.0 Å². The van der Waals surface area contributed by atoms with Gasteiger partial charge in [0.2, 0.25) is 5.95 Å². The third kappa shape index (κ3) is 4.50. The minimum absolute atomic E-state index is 0. The first-order valence-electron chi connectivity index (χ1n) is 7.20. The largest absolute Gasteiger partial charge is 0.370 e. The summed E-state index contributed by atoms with van der Waals surface area (Å²) in [4.78, 5) is 22.7. The number of guanidine groups is 1. The van der Waals surface area contributed by atoms with E-state index < -0.39 is 0 Å². The Morgan fingerprint density at radius 3 is 2.52 bits per heavy atom. The average Bonchev–Trinajstić information content (AvgIpc) is 2.99. The molecule has 9 heteroatoms. The molecular formula is C14H20IN7S. The number of hydrogen-bond donors (Lipinski definition) is 1. The number of rotatable bonds is 3. The molecule has 0 aromatic carbocycles. The minimum Gasteiger partial charge on any atom is -0.370 e. The zero-order valence-corrected chi connectivity index (χ0v) is 16.1. The molecule has 0 atom stereocenters. The number of thiazole rings is 1. The molecule has 1 aliphatic rings. The van der Waals surface area contributed by atoms with Crippen LogP contribution in [0.4, 0.5) is 5.95 Å². The quantitative estimate of drug-likeness (QED) is 0.438. The van der Waals surface area contributed by atoms with Crippen molar-refractivity contribution in [2.45, 2.75) is 13.5 Å². The third-order valence-corrected chi connectivity index (χ3v) is 4.59. The van der Waals surface area contributed by atoms with Crippen LogP contribution < -0.4 is 10.6 Å². The second-order valence-corrected chi connectivity index (χ2v) is 6.00. The summed E-state index contributed by atoms with van der Waals surface area (Å²) in [6, 6.07) is 1.83. The van der Waals surface area contributed by atoms with E-state index in [0.29, 0.717) is 12.5 Å². The molecule has 0 amide bonds. The number of aryl methyl sites for hydroxylation is 1. The monoisotopic (exact) mass is 445 g/mol. The molecule has 124 valence electrons. The lowest BCUT2D eigenvalue weighted by Gasteiger charge is -2.35. The second kappa shape index (κ2) is 8.39. The Labute approximate surface area is 156 Å². The van der Waals surface area contributed by atoms with E-state index in [0.717, 1.165) is 37.8 Å². The van der Waals surface area contributed by atoms with Gasteiger partial charge < -0.3 is 15.5 Å². The van der Waals surface area contributed by atoms with E-state index in [9.17, 15) is 0 Å². The number of nitrogens with two attached hydrogens (primary N) is 1. The van der Waals surface area contributed by atoms with Crippen LogP contribution in [0.15, 0.2) is 29.0 Å². The molecule has 1 aliphatic heterocycles. The summed E-state index contributed by atoms with van der Waals surface area (Å²) in [6.07, 6.45) is 3.53. The first kappa shape index (κ1) is 17.9. The van der Waals surface area contributed by atoms with Gasteiger partial charge in [-0.1, -0.05) is 0 Å². The predicted octanol–water partition coefficient (Wildman–Crippen LogP) is 1.50. The molecule has 23 heavy (non-hydrogen) atoms. The lowest BCUT2D eigenvalue weighted by Crippen LogP contribution is -2.51. The molecule has 0 spiro atoms. The fraction of sp³-hybridized carbons (Fsp3) is 0.429. The molecule has 3 heterocycles. The van der Waals surface area contributed by atoms with Gasteiger partial charge in [0, 0.05) is 43.4 Å². The Morgan fingerprint density at radius 1 is 1.22 bits per heavy atom. The van der Waals surface area contributed by atoms with Crippen molar-refractivity contribution in [3.63, 3.8) is 0 Å². The minimum atomic E-state index is 0. The maximum absolute atomic E-state index is 6.11. The number of nitrogens with zero attached hydrogens (tertiary/aromatic N) is 6. The Kier molecular flexibility index (Phi) is 6.51. The normalized spacial score (nSPS) is 15.4. The molecule has 1 saturated heterocycles. The van der Waals surface area contributed by atoms with Crippen LogP contribution in [0.25, 0.3) is 0 Å². The summed E-state index contributed by atoms with van der Waals surface area (Å²) in [6.45, 7) is 5.95. The Morgan fingerprint density at radius 2 is 1.91 bits per heavy atom. The Balaban J connectivity index is 0.00000192. The molecular weight excluding hydrogens is 425 g/mol. The van der Waals surface area contributed by atoms with Crippen LogP contribution in [0.3, 0.4) is 0 Å². The molecule has 2 aromatic rings. The molecule has 0 aliphatic carbocycles. The fourth-order valence-electron chi connectivity index (χ4n) is 2.32. The van der Waals surface area contributed by atoms with Gasteiger partial charge >= 0.3 is 0 Å². The summed E-state index contributed by atoms with van der Waals surface area (Å²) in [5.41, 5.74) is 8.99. The summed E-state index contributed by atoms with van der Waals surface area (Å²) in [5, 5.41) is 0. The molecule has 0 unspecified atom stereocenters.